The van der Waals surface area contributed by atoms with Crippen LogP contribution in [0.2, 0.25) is 0 Å². The van der Waals surface area contributed by atoms with Gasteiger partial charge in [-0.1, -0.05) is 32.0 Å². The van der Waals surface area contributed by atoms with E-state index >= 15 is 0 Å². The molecule has 0 aliphatic carbocycles. The van der Waals surface area contributed by atoms with Gasteiger partial charge in [0.05, 0.1) is 12.5 Å². The molecule has 148 valence electrons. The number of pyridine rings is 1. The molecule has 6 heteroatoms. The van der Waals surface area contributed by atoms with Crippen LogP contribution < -0.4 is 0 Å². The summed E-state index contributed by atoms with van der Waals surface area (Å²) in [6.45, 7) is 5.44. The van der Waals surface area contributed by atoms with Crippen LogP contribution in [0.1, 0.15) is 31.5 Å². The largest absolute Gasteiger partial charge is 0.340 e. The van der Waals surface area contributed by atoms with E-state index in [1.807, 2.05) is 23.1 Å². The zero-order valence-electron chi connectivity index (χ0n) is 16.3. The van der Waals surface area contributed by atoms with Crippen molar-refractivity contribution >= 4 is 11.8 Å². The molecule has 0 saturated carbocycles. The lowest BCUT2D eigenvalue weighted by molar-refractivity contribution is -0.134. The molecule has 3 rings (SSSR count). The Labute approximate surface area is 165 Å². The second-order valence-corrected chi connectivity index (χ2v) is 7.55. The van der Waals surface area contributed by atoms with Crippen LogP contribution in [0, 0.1) is 11.7 Å². The van der Waals surface area contributed by atoms with Gasteiger partial charge in [0.1, 0.15) is 5.82 Å². The minimum Gasteiger partial charge on any atom is -0.340 e. The summed E-state index contributed by atoms with van der Waals surface area (Å²) in [5, 5.41) is 0. The topological polar surface area (TPSA) is 53.5 Å². The third-order valence-corrected chi connectivity index (χ3v) is 5.17. The molecule has 2 aromatic rings. The Balaban J connectivity index is 1.75. The van der Waals surface area contributed by atoms with Gasteiger partial charge < -0.3 is 9.80 Å². The highest BCUT2D eigenvalue weighted by atomic mass is 19.1. The normalized spacial score (nSPS) is 17.7. The monoisotopic (exact) mass is 383 g/mol. The van der Waals surface area contributed by atoms with Crippen LogP contribution in [0.5, 0.6) is 0 Å². The van der Waals surface area contributed by atoms with E-state index < -0.39 is 0 Å². The van der Waals surface area contributed by atoms with Gasteiger partial charge in [-0.2, -0.15) is 0 Å². The number of halogens is 1. The summed E-state index contributed by atoms with van der Waals surface area (Å²) in [6.07, 6.45) is 2.20. The number of nitrogens with zero attached hydrogens (tertiary/aromatic N) is 3. The van der Waals surface area contributed by atoms with Crippen molar-refractivity contribution in [3.8, 4) is 0 Å². The number of hydrogen-bond acceptors (Lipinski definition) is 3. The summed E-state index contributed by atoms with van der Waals surface area (Å²) in [4.78, 5) is 33.5. The molecule has 1 fully saturated rings. The first-order valence-corrected chi connectivity index (χ1v) is 9.65. The molecule has 0 spiro atoms. The molecule has 2 amide bonds. The highest BCUT2D eigenvalue weighted by Gasteiger charge is 2.33. The maximum atomic E-state index is 13.2. The van der Waals surface area contributed by atoms with Crippen molar-refractivity contribution in [1.82, 2.24) is 14.8 Å². The highest BCUT2D eigenvalue weighted by molar-refractivity contribution is 5.81. The molecular weight excluding hydrogens is 357 g/mol. The van der Waals surface area contributed by atoms with Gasteiger partial charge in [-0.15, -0.1) is 0 Å². The van der Waals surface area contributed by atoms with E-state index in [9.17, 15) is 14.0 Å². The molecule has 1 aliphatic heterocycles. The molecule has 28 heavy (non-hydrogen) atoms. The third-order valence-electron chi connectivity index (χ3n) is 5.17. The molecule has 1 atom stereocenters. The van der Waals surface area contributed by atoms with Crippen molar-refractivity contribution in [2.45, 2.75) is 39.3 Å². The second-order valence-electron chi connectivity index (χ2n) is 7.55. The fraction of sp³-hybridized carbons (Fsp3) is 0.409. The Morgan fingerprint density at radius 2 is 1.96 bits per heavy atom. The summed E-state index contributed by atoms with van der Waals surface area (Å²) in [5.41, 5.74) is 1.61. The standard InChI is InChI=1S/C22H26FN3O2/c1-16(2)20-15-25(22(28)13-19-5-3-4-11-24-19)12-10-21(27)26(20)14-17-6-8-18(23)9-7-17/h3-9,11,16,20H,10,12-15H2,1-2H3/t20-/m1/s1. The molecule has 0 unspecified atom stereocenters. The van der Waals surface area contributed by atoms with E-state index in [0.717, 1.165) is 11.3 Å². The molecule has 1 aromatic carbocycles. The highest BCUT2D eigenvalue weighted by Crippen LogP contribution is 2.21. The number of aromatic nitrogens is 1. The zero-order chi connectivity index (χ0) is 20.1. The number of hydrogen-bond donors (Lipinski definition) is 0. The quantitative estimate of drug-likeness (QED) is 0.797. The van der Waals surface area contributed by atoms with E-state index in [2.05, 4.69) is 18.8 Å². The Morgan fingerprint density at radius 1 is 1.21 bits per heavy atom. The Bertz CT molecular complexity index is 808. The van der Waals surface area contributed by atoms with Gasteiger partial charge >= 0.3 is 0 Å². The minimum absolute atomic E-state index is 0.0132. The molecule has 5 nitrogen and oxygen atoms in total. The Kier molecular flexibility index (Phi) is 6.39. The maximum absolute atomic E-state index is 13.2. The van der Waals surface area contributed by atoms with Gasteiger partial charge in [0.15, 0.2) is 0 Å². The van der Waals surface area contributed by atoms with Crippen molar-refractivity contribution < 1.29 is 14.0 Å². The lowest BCUT2D eigenvalue weighted by Crippen LogP contribution is -2.47. The smallest absolute Gasteiger partial charge is 0.228 e. The van der Waals surface area contributed by atoms with Crippen LogP contribution in [-0.4, -0.2) is 45.7 Å². The first-order chi connectivity index (χ1) is 13.4. The van der Waals surface area contributed by atoms with Crippen LogP contribution in [0.15, 0.2) is 48.7 Å². The van der Waals surface area contributed by atoms with E-state index in [-0.39, 0.29) is 36.0 Å². The minimum atomic E-state index is -0.294. The number of rotatable bonds is 5. The zero-order valence-corrected chi connectivity index (χ0v) is 16.3. The summed E-state index contributed by atoms with van der Waals surface area (Å²) in [5.74, 6) is -0.0952. The molecule has 0 bridgehead atoms. The number of amides is 2. The van der Waals surface area contributed by atoms with Gasteiger partial charge in [0.25, 0.3) is 0 Å². The average molecular weight is 383 g/mol. The van der Waals surface area contributed by atoms with Gasteiger partial charge in [0.2, 0.25) is 11.8 Å². The van der Waals surface area contributed by atoms with Gasteiger partial charge in [0, 0.05) is 37.9 Å². The van der Waals surface area contributed by atoms with Gasteiger partial charge in [-0.25, -0.2) is 4.39 Å². The predicted molar refractivity (Wildman–Crippen MR) is 105 cm³/mol. The van der Waals surface area contributed by atoms with Crippen molar-refractivity contribution in [3.63, 3.8) is 0 Å². The molecule has 0 N–H and O–H groups in total. The van der Waals surface area contributed by atoms with E-state index in [1.165, 1.54) is 12.1 Å². The molecule has 0 radical (unpaired) electrons. The summed E-state index contributed by atoms with van der Waals surface area (Å²) < 4.78 is 13.2. The average Bonchev–Trinajstić information content (AvgIpc) is 2.84. The van der Waals surface area contributed by atoms with Crippen LogP contribution in [-0.2, 0) is 22.6 Å². The number of carbonyl (C=O) groups excluding carboxylic acids is 2. The summed E-state index contributed by atoms with van der Waals surface area (Å²) >= 11 is 0. The van der Waals surface area contributed by atoms with Gasteiger partial charge in [-0.3, -0.25) is 14.6 Å². The molecule has 1 aliphatic rings. The summed E-state index contributed by atoms with van der Waals surface area (Å²) in [7, 11) is 0. The fourth-order valence-electron chi connectivity index (χ4n) is 3.53. The third kappa shape index (κ3) is 4.94. The van der Waals surface area contributed by atoms with E-state index in [0.29, 0.717) is 26.1 Å². The second kappa shape index (κ2) is 8.95. The molecule has 1 aromatic heterocycles. The predicted octanol–water partition coefficient (Wildman–Crippen LogP) is 3.05. The lowest BCUT2D eigenvalue weighted by atomic mass is 10.0. The van der Waals surface area contributed by atoms with Crippen molar-refractivity contribution in [3.05, 3.63) is 65.7 Å². The van der Waals surface area contributed by atoms with Crippen LogP contribution in [0.3, 0.4) is 0 Å². The Morgan fingerprint density at radius 3 is 2.61 bits per heavy atom. The van der Waals surface area contributed by atoms with Crippen LogP contribution in [0.4, 0.5) is 4.39 Å². The lowest BCUT2D eigenvalue weighted by Gasteiger charge is -2.34. The SMILES string of the molecule is CC(C)[C@H]1CN(C(=O)Cc2ccccn2)CCC(=O)N1Cc1ccc(F)cc1. The van der Waals surface area contributed by atoms with Crippen LogP contribution in [0.25, 0.3) is 0 Å². The molecule has 1 saturated heterocycles. The number of carbonyl (C=O) groups is 2. The molecule has 2 heterocycles. The summed E-state index contributed by atoms with van der Waals surface area (Å²) in [6, 6.07) is 11.7. The molecular formula is C22H26FN3O2. The van der Waals surface area contributed by atoms with Gasteiger partial charge in [-0.05, 0) is 35.7 Å². The maximum Gasteiger partial charge on any atom is 0.228 e. The van der Waals surface area contributed by atoms with E-state index in [4.69, 9.17) is 0 Å². The van der Waals surface area contributed by atoms with Crippen molar-refractivity contribution in [2.75, 3.05) is 13.1 Å². The van der Waals surface area contributed by atoms with E-state index in [1.54, 1.807) is 23.2 Å². The van der Waals surface area contributed by atoms with Crippen molar-refractivity contribution in [1.29, 1.82) is 0 Å². The fourth-order valence-corrected chi connectivity index (χ4v) is 3.53. The van der Waals surface area contributed by atoms with Crippen molar-refractivity contribution in [2.24, 2.45) is 5.92 Å². The van der Waals surface area contributed by atoms with Crippen LogP contribution >= 0.6 is 0 Å². The first-order valence-electron chi connectivity index (χ1n) is 9.65. The Hall–Kier alpha value is -2.76. The first kappa shape index (κ1) is 20.0. The number of benzene rings is 1.